The second kappa shape index (κ2) is 7.47. The normalized spacial score (nSPS) is 14.7. The van der Waals surface area contributed by atoms with Crippen LogP contribution in [0.1, 0.15) is 63.4 Å². The quantitative estimate of drug-likeness (QED) is 0.829. The number of rotatable bonds is 5. The van der Waals surface area contributed by atoms with Crippen molar-refractivity contribution in [2.45, 2.75) is 51.3 Å². The van der Waals surface area contributed by atoms with Crippen molar-refractivity contribution in [3.8, 4) is 0 Å². The molecule has 0 spiro atoms. The van der Waals surface area contributed by atoms with E-state index in [4.69, 9.17) is 0 Å². The summed E-state index contributed by atoms with van der Waals surface area (Å²) < 4.78 is 15.5. The Hall–Kier alpha value is -1.36. The lowest BCUT2D eigenvalue weighted by molar-refractivity contribution is 0.534. The number of hydrogen-bond donors (Lipinski definition) is 1. The van der Waals surface area contributed by atoms with E-state index in [0.717, 1.165) is 11.3 Å². The fraction of sp³-hybridized carbons (Fsp3) is 0.421. The Bertz CT molecular complexity index is 606. The van der Waals surface area contributed by atoms with Crippen LogP contribution in [-0.4, -0.2) is 14.3 Å². The van der Waals surface area contributed by atoms with Gasteiger partial charge < -0.3 is 4.55 Å². The maximum atomic E-state index is 12.6. The molecule has 0 aliphatic heterocycles. The number of nitrogens with zero attached hydrogens (tertiary/aromatic N) is 1. The summed E-state index contributed by atoms with van der Waals surface area (Å²) in [5, 5.41) is 0. The number of aromatic nitrogens is 1. The molecule has 2 atom stereocenters. The van der Waals surface area contributed by atoms with Gasteiger partial charge in [0.25, 0.3) is 0 Å². The lowest BCUT2D eigenvalue weighted by Crippen LogP contribution is -2.41. The minimum atomic E-state index is -1.17. The van der Waals surface area contributed by atoms with Crippen LogP contribution in [0.4, 0.5) is 0 Å². The van der Waals surface area contributed by atoms with E-state index in [1.165, 1.54) is 5.56 Å². The number of hydrogen-bond acceptors (Lipinski definition) is 3. The van der Waals surface area contributed by atoms with E-state index < -0.39 is 11.4 Å². The van der Waals surface area contributed by atoms with Crippen LogP contribution in [0.3, 0.4) is 0 Å². The summed E-state index contributed by atoms with van der Waals surface area (Å²) in [7, 11) is 0. The summed E-state index contributed by atoms with van der Waals surface area (Å²) in [6.07, 6.45) is 1.91. The fourth-order valence-corrected chi connectivity index (χ4v) is 2.98. The molecule has 0 aliphatic carbocycles. The summed E-state index contributed by atoms with van der Waals surface area (Å²) in [4.78, 5) is 4.61. The molecule has 0 saturated carbocycles. The molecule has 3 nitrogen and oxygen atoms in total. The molecule has 0 amide bonds. The van der Waals surface area contributed by atoms with Crippen molar-refractivity contribution in [3.63, 3.8) is 0 Å². The predicted molar refractivity (Wildman–Crippen MR) is 97.6 cm³/mol. The molecule has 1 unspecified atom stereocenters. The molecular formula is C19H26N2OS. The summed E-state index contributed by atoms with van der Waals surface area (Å²) in [5.74, 6) is 0.448. The van der Waals surface area contributed by atoms with E-state index in [1.54, 1.807) is 0 Å². The van der Waals surface area contributed by atoms with Gasteiger partial charge in [-0.05, 0) is 43.9 Å². The van der Waals surface area contributed by atoms with Gasteiger partial charge >= 0.3 is 0 Å². The van der Waals surface area contributed by atoms with E-state index >= 15 is 0 Å². The summed E-state index contributed by atoms with van der Waals surface area (Å²) >= 11 is -1.17. The third kappa shape index (κ3) is 4.80. The maximum Gasteiger partial charge on any atom is 0.136 e. The molecule has 2 rings (SSSR count). The molecule has 0 radical (unpaired) electrons. The van der Waals surface area contributed by atoms with Crippen LogP contribution < -0.4 is 4.72 Å². The molecule has 4 heteroatoms. The van der Waals surface area contributed by atoms with Gasteiger partial charge in [0.05, 0.1) is 5.69 Å². The Labute approximate surface area is 142 Å². The van der Waals surface area contributed by atoms with Crippen LogP contribution in [0.15, 0.2) is 48.7 Å². The number of benzene rings is 1. The Morgan fingerprint density at radius 2 is 1.65 bits per heavy atom. The van der Waals surface area contributed by atoms with Crippen LogP contribution in [0.5, 0.6) is 0 Å². The standard InChI is InChI=1S/C19H26N2OS/c1-14(2)16-11-12-17(20-13-16)18(15-9-7-6-8-10-15)21-23(22)19(3,4)5/h6-14,18,21H,1-5H3/t18-,23?/m0/s1. The Morgan fingerprint density at radius 3 is 2.13 bits per heavy atom. The highest BCUT2D eigenvalue weighted by molar-refractivity contribution is 7.90. The predicted octanol–water partition coefficient (Wildman–Crippen LogP) is 4.35. The first-order valence-electron chi connectivity index (χ1n) is 7.98. The van der Waals surface area contributed by atoms with Crippen molar-refractivity contribution in [3.05, 3.63) is 65.5 Å². The third-order valence-electron chi connectivity index (χ3n) is 3.69. The van der Waals surface area contributed by atoms with Crippen LogP contribution in [-0.2, 0) is 11.4 Å². The van der Waals surface area contributed by atoms with E-state index in [1.807, 2.05) is 63.4 Å². The van der Waals surface area contributed by atoms with E-state index in [-0.39, 0.29) is 10.8 Å². The van der Waals surface area contributed by atoms with Crippen molar-refractivity contribution in [2.24, 2.45) is 0 Å². The molecule has 1 aromatic heterocycles. The van der Waals surface area contributed by atoms with Crippen molar-refractivity contribution in [1.29, 1.82) is 0 Å². The first-order valence-corrected chi connectivity index (χ1v) is 9.13. The average Bonchev–Trinajstić information content (AvgIpc) is 2.52. The molecule has 0 fully saturated rings. The minimum Gasteiger partial charge on any atom is -0.598 e. The van der Waals surface area contributed by atoms with Gasteiger partial charge in [0, 0.05) is 17.6 Å². The molecule has 0 saturated heterocycles. The lowest BCUT2D eigenvalue weighted by Gasteiger charge is -2.28. The topological polar surface area (TPSA) is 48.0 Å². The van der Waals surface area contributed by atoms with E-state index in [2.05, 4.69) is 29.6 Å². The first-order chi connectivity index (χ1) is 10.8. The molecule has 124 valence electrons. The summed E-state index contributed by atoms with van der Waals surface area (Å²) in [6.45, 7) is 10.2. The van der Waals surface area contributed by atoms with Crippen LogP contribution >= 0.6 is 0 Å². The first kappa shape index (κ1) is 18.0. The molecule has 1 aromatic carbocycles. The van der Waals surface area contributed by atoms with Gasteiger partial charge in [-0.25, -0.2) is 0 Å². The van der Waals surface area contributed by atoms with Gasteiger partial charge in [0.15, 0.2) is 0 Å². The Balaban J connectivity index is 2.33. The third-order valence-corrected chi connectivity index (χ3v) is 5.25. The zero-order valence-electron chi connectivity index (χ0n) is 14.5. The molecule has 0 bridgehead atoms. The molecule has 0 aliphatic rings. The molecule has 1 N–H and O–H groups in total. The molecule has 2 aromatic rings. The average molecular weight is 330 g/mol. The minimum absolute atomic E-state index is 0.183. The highest BCUT2D eigenvalue weighted by atomic mass is 32.2. The van der Waals surface area contributed by atoms with Crippen LogP contribution in [0.25, 0.3) is 0 Å². The highest BCUT2D eigenvalue weighted by Crippen LogP contribution is 2.25. The van der Waals surface area contributed by atoms with Gasteiger partial charge in [-0.1, -0.05) is 50.2 Å². The summed E-state index contributed by atoms with van der Waals surface area (Å²) in [5.41, 5.74) is 3.16. The van der Waals surface area contributed by atoms with Crippen LogP contribution in [0, 0.1) is 0 Å². The number of nitrogens with one attached hydrogen (secondary N) is 1. The largest absolute Gasteiger partial charge is 0.598 e. The van der Waals surface area contributed by atoms with Gasteiger partial charge in [-0.2, -0.15) is 0 Å². The zero-order chi connectivity index (χ0) is 17.0. The van der Waals surface area contributed by atoms with Crippen molar-refractivity contribution >= 4 is 11.4 Å². The van der Waals surface area contributed by atoms with Gasteiger partial charge in [-0.15, -0.1) is 4.72 Å². The maximum absolute atomic E-state index is 12.6. The van der Waals surface area contributed by atoms with E-state index in [0.29, 0.717) is 5.92 Å². The molecule has 1 heterocycles. The SMILES string of the molecule is CC(C)c1ccc([C@@H](N[S+]([O-])C(C)(C)C)c2ccccc2)nc1. The molecule has 23 heavy (non-hydrogen) atoms. The fourth-order valence-electron chi connectivity index (χ4n) is 2.16. The van der Waals surface area contributed by atoms with Gasteiger partial charge in [-0.3, -0.25) is 4.98 Å². The monoisotopic (exact) mass is 330 g/mol. The smallest absolute Gasteiger partial charge is 0.136 e. The van der Waals surface area contributed by atoms with Crippen molar-refractivity contribution in [1.82, 2.24) is 9.71 Å². The Kier molecular flexibility index (Phi) is 5.84. The summed E-state index contributed by atoms with van der Waals surface area (Å²) in [6, 6.07) is 14.0. The second-order valence-corrected chi connectivity index (χ2v) is 9.01. The second-order valence-electron chi connectivity index (χ2n) is 7.01. The highest BCUT2D eigenvalue weighted by Gasteiger charge is 2.31. The van der Waals surface area contributed by atoms with Crippen LogP contribution in [0.2, 0.25) is 0 Å². The lowest BCUT2D eigenvalue weighted by atomic mass is 10.0. The number of pyridine rings is 1. The van der Waals surface area contributed by atoms with E-state index in [9.17, 15) is 4.55 Å². The zero-order valence-corrected chi connectivity index (χ0v) is 15.4. The Morgan fingerprint density at radius 1 is 1.00 bits per heavy atom. The van der Waals surface area contributed by atoms with Gasteiger partial charge in [0.2, 0.25) is 0 Å². The van der Waals surface area contributed by atoms with Crippen molar-refractivity contribution < 1.29 is 4.55 Å². The molecular weight excluding hydrogens is 304 g/mol. The van der Waals surface area contributed by atoms with Gasteiger partial charge in [0.1, 0.15) is 10.8 Å². The van der Waals surface area contributed by atoms with Crippen molar-refractivity contribution in [2.75, 3.05) is 0 Å².